The summed E-state index contributed by atoms with van der Waals surface area (Å²) in [5, 5.41) is 18.0. The molecule has 1 fully saturated rings. The van der Waals surface area contributed by atoms with Crippen molar-refractivity contribution < 1.29 is 9.90 Å². The molecule has 0 aromatic carbocycles. The molecule has 0 atom stereocenters. The van der Waals surface area contributed by atoms with Gasteiger partial charge in [0, 0.05) is 12.4 Å². The summed E-state index contributed by atoms with van der Waals surface area (Å²) in [5.74, 6) is -0.311. The van der Waals surface area contributed by atoms with E-state index in [4.69, 9.17) is 10.4 Å². The van der Waals surface area contributed by atoms with E-state index < -0.39 is 5.97 Å². The zero-order valence-electron chi connectivity index (χ0n) is 11.1. The highest BCUT2D eigenvalue weighted by molar-refractivity contribution is 5.70. The second-order valence-electron chi connectivity index (χ2n) is 5.34. The van der Waals surface area contributed by atoms with Crippen molar-refractivity contribution in [3.05, 3.63) is 29.1 Å². The number of carboxylic acid groups (broad SMARTS) is 1. The van der Waals surface area contributed by atoms with Crippen LogP contribution in [-0.2, 0) is 11.2 Å². The maximum atomic E-state index is 10.9. The van der Waals surface area contributed by atoms with Crippen LogP contribution in [0.4, 0.5) is 0 Å². The maximum Gasteiger partial charge on any atom is 0.306 e. The minimum Gasteiger partial charge on any atom is -0.481 e. The minimum absolute atomic E-state index is 0.166. The molecule has 4 nitrogen and oxygen atoms in total. The number of pyridine rings is 1. The molecule has 0 bridgehead atoms. The number of carboxylic acids is 1. The van der Waals surface area contributed by atoms with E-state index in [0.29, 0.717) is 11.5 Å². The predicted molar refractivity (Wildman–Crippen MR) is 70.5 cm³/mol. The lowest BCUT2D eigenvalue weighted by Gasteiger charge is -2.26. The molecule has 1 N–H and O–H groups in total. The Labute approximate surface area is 113 Å². The highest BCUT2D eigenvalue weighted by Gasteiger charge is 2.26. The van der Waals surface area contributed by atoms with E-state index in [1.165, 1.54) is 0 Å². The van der Waals surface area contributed by atoms with Crippen molar-refractivity contribution >= 4 is 5.97 Å². The lowest BCUT2D eigenvalue weighted by Crippen LogP contribution is -2.22. The number of carbonyl (C=O) groups is 1. The van der Waals surface area contributed by atoms with Crippen LogP contribution in [0, 0.1) is 30.1 Å². The van der Waals surface area contributed by atoms with E-state index in [0.717, 1.165) is 43.2 Å². The minimum atomic E-state index is -0.664. The molecule has 4 heteroatoms. The number of hydrogen-bond acceptors (Lipinski definition) is 3. The number of rotatable bonds is 3. The summed E-state index contributed by atoms with van der Waals surface area (Å²) in [6.07, 6.45) is 7.77. The van der Waals surface area contributed by atoms with Gasteiger partial charge in [0.25, 0.3) is 0 Å². The van der Waals surface area contributed by atoms with Crippen molar-refractivity contribution in [1.29, 1.82) is 5.26 Å². The normalized spacial score (nSPS) is 22.7. The lowest BCUT2D eigenvalue weighted by molar-refractivity contribution is -0.143. The van der Waals surface area contributed by atoms with Gasteiger partial charge in [-0.3, -0.25) is 9.78 Å². The van der Waals surface area contributed by atoms with Crippen molar-refractivity contribution in [3.63, 3.8) is 0 Å². The molecular formula is C15H18N2O2. The fourth-order valence-corrected chi connectivity index (χ4v) is 2.81. The molecule has 0 unspecified atom stereocenters. The number of nitrogens with zero attached hydrogens (tertiary/aromatic N) is 2. The second kappa shape index (κ2) is 5.83. The van der Waals surface area contributed by atoms with Crippen molar-refractivity contribution in [2.45, 2.75) is 39.0 Å². The predicted octanol–water partition coefficient (Wildman–Crippen LogP) is 2.70. The quantitative estimate of drug-likeness (QED) is 0.904. The summed E-state index contributed by atoms with van der Waals surface area (Å²) >= 11 is 0. The highest BCUT2D eigenvalue weighted by atomic mass is 16.4. The number of nitriles is 1. The summed E-state index contributed by atoms with van der Waals surface area (Å²) in [7, 11) is 0. The molecule has 1 heterocycles. The van der Waals surface area contributed by atoms with Crippen LogP contribution >= 0.6 is 0 Å². The third kappa shape index (κ3) is 3.11. The van der Waals surface area contributed by atoms with E-state index in [1.807, 2.05) is 13.1 Å². The van der Waals surface area contributed by atoms with Gasteiger partial charge >= 0.3 is 5.97 Å². The Hall–Kier alpha value is -1.89. The van der Waals surface area contributed by atoms with E-state index in [9.17, 15) is 4.79 Å². The summed E-state index contributed by atoms with van der Waals surface area (Å²) in [5.41, 5.74) is 2.77. The molecule has 1 aliphatic carbocycles. The van der Waals surface area contributed by atoms with Crippen LogP contribution in [0.2, 0.25) is 0 Å². The van der Waals surface area contributed by atoms with Gasteiger partial charge in [-0.25, -0.2) is 0 Å². The Bertz CT molecular complexity index is 511. The first-order valence-electron chi connectivity index (χ1n) is 6.68. The number of hydrogen-bond donors (Lipinski definition) is 1. The van der Waals surface area contributed by atoms with Crippen LogP contribution in [0.5, 0.6) is 0 Å². The molecule has 2 rings (SSSR count). The van der Waals surface area contributed by atoms with E-state index in [1.54, 1.807) is 6.20 Å². The van der Waals surface area contributed by atoms with Crippen LogP contribution in [0.3, 0.4) is 0 Å². The first-order chi connectivity index (χ1) is 9.11. The molecule has 0 aliphatic heterocycles. The first kappa shape index (κ1) is 13.5. The van der Waals surface area contributed by atoms with E-state index >= 15 is 0 Å². The van der Waals surface area contributed by atoms with Gasteiger partial charge in [-0.2, -0.15) is 5.26 Å². The van der Waals surface area contributed by atoms with Crippen LogP contribution < -0.4 is 0 Å². The van der Waals surface area contributed by atoms with Crippen molar-refractivity contribution in [3.8, 4) is 6.07 Å². The topological polar surface area (TPSA) is 74.0 Å². The fraction of sp³-hybridized carbons (Fsp3) is 0.533. The maximum absolute atomic E-state index is 10.9. The highest BCUT2D eigenvalue weighted by Crippen LogP contribution is 2.31. The van der Waals surface area contributed by atoms with Crippen LogP contribution in [-0.4, -0.2) is 16.1 Å². The molecular weight excluding hydrogens is 240 g/mol. The Morgan fingerprint density at radius 3 is 2.68 bits per heavy atom. The van der Waals surface area contributed by atoms with Gasteiger partial charge in [0.1, 0.15) is 6.07 Å². The molecule has 0 spiro atoms. The largest absolute Gasteiger partial charge is 0.481 e. The molecule has 0 amide bonds. The summed E-state index contributed by atoms with van der Waals surface area (Å²) in [6, 6.07) is 2.15. The summed E-state index contributed by atoms with van der Waals surface area (Å²) in [4.78, 5) is 15.0. The lowest BCUT2D eigenvalue weighted by atomic mass is 9.79. The van der Waals surface area contributed by atoms with Crippen molar-refractivity contribution in [2.75, 3.05) is 0 Å². The van der Waals surface area contributed by atoms with Gasteiger partial charge in [-0.15, -0.1) is 0 Å². The molecule has 1 aromatic heterocycles. The standard InChI is InChI=1S/C15H18N2O2/c1-10-13(8-17-9-14(10)7-16)6-11-2-4-12(5-3-11)15(18)19/h8-9,11-12H,2-6H2,1H3,(H,18,19). The monoisotopic (exact) mass is 258 g/mol. The first-order valence-corrected chi connectivity index (χ1v) is 6.68. The average molecular weight is 258 g/mol. The summed E-state index contributed by atoms with van der Waals surface area (Å²) < 4.78 is 0. The van der Waals surface area contributed by atoms with Gasteiger partial charge in [0.05, 0.1) is 11.5 Å². The summed E-state index contributed by atoms with van der Waals surface area (Å²) in [6.45, 7) is 1.96. The van der Waals surface area contributed by atoms with E-state index in [2.05, 4.69) is 11.1 Å². The molecule has 1 aliphatic rings. The molecule has 1 aromatic rings. The van der Waals surface area contributed by atoms with Gasteiger partial charge in [0.2, 0.25) is 0 Å². The third-order valence-electron chi connectivity index (χ3n) is 4.14. The fourth-order valence-electron chi connectivity index (χ4n) is 2.81. The zero-order valence-corrected chi connectivity index (χ0v) is 11.1. The molecule has 19 heavy (non-hydrogen) atoms. The van der Waals surface area contributed by atoms with Gasteiger partial charge < -0.3 is 5.11 Å². The Morgan fingerprint density at radius 2 is 2.11 bits per heavy atom. The molecule has 100 valence electrons. The smallest absolute Gasteiger partial charge is 0.306 e. The van der Waals surface area contributed by atoms with Crippen molar-refractivity contribution in [1.82, 2.24) is 4.98 Å². The van der Waals surface area contributed by atoms with Gasteiger partial charge in [-0.1, -0.05) is 0 Å². The Balaban J connectivity index is 2.00. The molecule has 0 saturated heterocycles. The SMILES string of the molecule is Cc1c(C#N)cncc1CC1CCC(C(=O)O)CC1. The van der Waals surface area contributed by atoms with E-state index in [-0.39, 0.29) is 5.92 Å². The molecule has 1 saturated carbocycles. The van der Waals surface area contributed by atoms with Crippen molar-refractivity contribution in [2.24, 2.45) is 11.8 Å². The Kier molecular flexibility index (Phi) is 4.16. The number of aromatic nitrogens is 1. The van der Waals surface area contributed by atoms with Crippen LogP contribution in [0.25, 0.3) is 0 Å². The van der Waals surface area contributed by atoms with Gasteiger partial charge in [0.15, 0.2) is 0 Å². The second-order valence-corrected chi connectivity index (χ2v) is 5.34. The number of aliphatic carboxylic acids is 1. The third-order valence-corrected chi connectivity index (χ3v) is 4.14. The van der Waals surface area contributed by atoms with Crippen LogP contribution in [0.15, 0.2) is 12.4 Å². The van der Waals surface area contributed by atoms with Crippen LogP contribution in [0.1, 0.15) is 42.4 Å². The van der Waals surface area contributed by atoms with Gasteiger partial charge in [-0.05, 0) is 56.1 Å². The molecule has 0 radical (unpaired) electrons. The average Bonchev–Trinajstić information content (AvgIpc) is 2.42. The Morgan fingerprint density at radius 1 is 1.42 bits per heavy atom. The zero-order chi connectivity index (χ0) is 13.8.